The minimum absolute atomic E-state index is 0.00825. The SMILES string of the molecule is CCOC(=O)c1cn(-c2ccccc2C(F)(F)F)c2nc(Cl)ccc2c1=O. The lowest BCUT2D eigenvalue weighted by atomic mass is 10.1. The van der Waals surface area contributed by atoms with E-state index in [-0.39, 0.29) is 28.5 Å². The van der Waals surface area contributed by atoms with Gasteiger partial charge in [-0.3, -0.25) is 9.36 Å². The van der Waals surface area contributed by atoms with Crippen LogP contribution in [0.3, 0.4) is 0 Å². The summed E-state index contributed by atoms with van der Waals surface area (Å²) in [4.78, 5) is 28.7. The number of para-hydroxylation sites is 1. The number of fused-ring (bicyclic) bond motifs is 1. The van der Waals surface area contributed by atoms with E-state index in [0.29, 0.717) is 0 Å². The number of halogens is 4. The zero-order valence-electron chi connectivity index (χ0n) is 13.9. The van der Waals surface area contributed by atoms with Crippen LogP contribution in [0.25, 0.3) is 16.7 Å². The Labute approximate surface area is 156 Å². The van der Waals surface area contributed by atoms with Gasteiger partial charge in [0.05, 0.1) is 23.2 Å². The second kappa shape index (κ2) is 7.03. The van der Waals surface area contributed by atoms with Crippen molar-refractivity contribution in [3.8, 4) is 5.69 Å². The molecule has 0 fully saturated rings. The topological polar surface area (TPSA) is 61.2 Å². The summed E-state index contributed by atoms with van der Waals surface area (Å²) < 4.78 is 46.3. The highest BCUT2D eigenvalue weighted by Crippen LogP contribution is 2.34. The minimum Gasteiger partial charge on any atom is -0.462 e. The van der Waals surface area contributed by atoms with E-state index in [9.17, 15) is 22.8 Å². The Bertz CT molecular complexity index is 1090. The first-order chi connectivity index (χ1) is 12.7. The minimum atomic E-state index is -4.66. The van der Waals surface area contributed by atoms with E-state index in [1.54, 1.807) is 6.92 Å². The van der Waals surface area contributed by atoms with Gasteiger partial charge in [-0.25, -0.2) is 9.78 Å². The van der Waals surface area contributed by atoms with Crippen LogP contribution in [0.15, 0.2) is 47.4 Å². The van der Waals surface area contributed by atoms with Crippen molar-refractivity contribution < 1.29 is 22.7 Å². The summed E-state index contributed by atoms with van der Waals surface area (Å²) in [5.41, 5.74) is -2.45. The number of esters is 1. The Morgan fingerprint density at radius 1 is 1.22 bits per heavy atom. The van der Waals surface area contributed by atoms with Crippen molar-refractivity contribution in [1.29, 1.82) is 0 Å². The van der Waals surface area contributed by atoms with Gasteiger partial charge in [0.2, 0.25) is 5.43 Å². The third-order valence-electron chi connectivity index (χ3n) is 3.78. The molecule has 0 radical (unpaired) electrons. The number of hydrogen-bond donors (Lipinski definition) is 0. The normalized spacial score (nSPS) is 11.6. The third kappa shape index (κ3) is 3.52. The highest BCUT2D eigenvalue weighted by atomic mass is 35.5. The summed E-state index contributed by atoms with van der Waals surface area (Å²) in [7, 11) is 0. The van der Waals surface area contributed by atoms with E-state index in [4.69, 9.17) is 16.3 Å². The number of nitrogens with zero attached hydrogens (tertiary/aromatic N) is 2. The molecule has 0 saturated heterocycles. The summed E-state index contributed by atoms with van der Waals surface area (Å²) in [6.07, 6.45) is -3.66. The molecule has 0 saturated carbocycles. The Kier molecular flexibility index (Phi) is 4.93. The second-order valence-electron chi connectivity index (χ2n) is 5.48. The van der Waals surface area contributed by atoms with E-state index in [1.807, 2.05) is 0 Å². The molecule has 0 aliphatic heterocycles. The molecule has 5 nitrogen and oxygen atoms in total. The number of pyridine rings is 2. The number of hydrogen-bond acceptors (Lipinski definition) is 4. The van der Waals surface area contributed by atoms with Gasteiger partial charge in [-0.15, -0.1) is 0 Å². The van der Waals surface area contributed by atoms with Crippen molar-refractivity contribution in [1.82, 2.24) is 9.55 Å². The monoisotopic (exact) mass is 396 g/mol. The highest BCUT2D eigenvalue weighted by Gasteiger charge is 2.34. The van der Waals surface area contributed by atoms with Crippen molar-refractivity contribution in [2.75, 3.05) is 6.61 Å². The van der Waals surface area contributed by atoms with Gasteiger partial charge < -0.3 is 4.74 Å². The van der Waals surface area contributed by atoms with Gasteiger partial charge in [0, 0.05) is 6.20 Å². The zero-order valence-corrected chi connectivity index (χ0v) is 14.6. The number of ether oxygens (including phenoxy) is 1. The predicted octanol–water partition coefficient (Wildman–Crippen LogP) is 4.23. The molecule has 2 aromatic heterocycles. The average molecular weight is 397 g/mol. The largest absolute Gasteiger partial charge is 0.462 e. The molecule has 9 heteroatoms. The van der Waals surface area contributed by atoms with Crippen LogP contribution in [0, 0.1) is 0 Å². The Balaban J connectivity index is 2.43. The molecule has 140 valence electrons. The molecular weight excluding hydrogens is 385 g/mol. The molecule has 3 aromatic rings. The Hall–Kier alpha value is -2.87. The molecule has 3 rings (SSSR count). The number of carbonyl (C=O) groups excluding carboxylic acids is 1. The number of aromatic nitrogens is 2. The third-order valence-corrected chi connectivity index (χ3v) is 3.99. The zero-order chi connectivity index (χ0) is 19.8. The van der Waals surface area contributed by atoms with Crippen LogP contribution in [0.2, 0.25) is 5.15 Å². The summed E-state index contributed by atoms with van der Waals surface area (Å²) in [5, 5.41) is -0.0639. The predicted molar refractivity (Wildman–Crippen MR) is 93.3 cm³/mol. The van der Waals surface area contributed by atoms with Crippen molar-refractivity contribution >= 4 is 28.6 Å². The standard InChI is InChI=1S/C18H12ClF3N2O3/c1-2-27-17(26)11-9-24(13-6-4-3-5-12(13)18(20,21)22)16-10(15(11)25)7-8-14(19)23-16/h3-9H,2H2,1H3. The first kappa shape index (κ1) is 18.9. The van der Waals surface area contributed by atoms with Crippen molar-refractivity contribution in [3.05, 3.63) is 69.1 Å². The number of benzene rings is 1. The molecule has 0 unspecified atom stereocenters. The van der Waals surface area contributed by atoms with Gasteiger partial charge in [-0.05, 0) is 31.2 Å². The molecule has 2 heterocycles. The highest BCUT2D eigenvalue weighted by molar-refractivity contribution is 6.29. The second-order valence-corrected chi connectivity index (χ2v) is 5.87. The molecule has 0 N–H and O–H groups in total. The molecule has 1 aromatic carbocycles. The Morgan fingerprint density at radius 2 is 1.93 bits per heavy atom. The van der Waals surface area contributed by atoms with Crippen LogP contribution in [-0.2, 0) is 10.9 Å². The van der Waals surface area contributed by atoms with Crippen LogP contribution in [0.4, 0.5) is 13.2 Å². The van der Waals surface area contributed by atoms with Gasteiger partial charge in [0.1, 0.15) is 16.4 Å². The van der Waals surface area contributed by atoms with Crippen molar-refractivity contribution in [2.45, 2.75) is 13.1 Å². The molecule has 0 aliphatic rings. The van der Waals surface area contributed by atoms with Crippen LogP contribution in [0.5, 0.6) is 0 Å². The molecule has 0 bridgehead atoms. The lowest BCUT2D eigenvalue weighted by Crippen LogP contribution is -2.22. The van der Waals surface area contributed by atoms with Crippen molar-refractivity contribution in [2.24, 2.45) is 0 Å². The summed E-state index contributed by atoms with van der Waals surface area (Å²) in [6, 6.07) is 7.38. The van der Waals surface area contributed by atoms with E-state index in [2.05, 4.69) is 4.98 Å². The lowest BCUT2D eigenvalue weighted by Gasteiger charge is -2.17. The van der Waals surface area contributed by atoms with Crippen LogP contribution in [-0.4, -0.2) is 22.1 Å². The Morgan fingerprint density at radius 3 is 2.59 bits per heavy atom. The maximum Gasteiger partial charge on any atom is 0.418 e. The molecule has 0 spiro atoms. The summed E-state index contributed by atoms with van der Waals surface area (Å²) >= 11 is 5.87. The van der Waals surface area contributed by atoms with Gasteiger partial charge in [-0.2, -0.15) is 13.2 Å². The molecular formula is C18H12ClF3N2O3. The van der Waals surface area contributed by atoms with E-state index < -0.39 is 28.7 Å². The van der Waals surface area contributed by atoms with Gasteiger partial charge in [0.25, 0.3) is 0 Å². The smallest absolute Gasteiger partial charge is 0.418 e. The fourth-order valence-corrected chi connectivity index (χ4v) is 2.78. The first-order valence-electron chi connectivity index (χ1n) is 7.79. The summed E-state index contributed by atoms with van der Waals surface area (Å²) in [6.45, 7) is 1.56. The van der Waals surface area contributed by atoms with Gasteiger partial charge in [-0.1, -0.05) is 23.7 Å². The molecule has 0 atom stereocenters. The number of carbonyl (C=O) groups is 1. The van der Waals surface area contributed by atoms with Crippen LogP contribution < -0.4 is 5.43 Å². The van der Waals surface area contributed by atoms with Gasteiger partial charge in [0.15, 0.2) is 0 Å². The van der Waals surface area contributed by atoms with E-state index in [1.165, 1.54) is 30.3 Å². The fraction of sp³-hybridized carbons (Fsp3) is 0.167. The molecule has 0 amide bonds. The maximum atomic E-state index is 13.5. The number of alkyl halides is 3. The summed E-state index contributed by atoms with van der Waals surface area (Å²) in [5.74, 6) is -0.933. The van der Waals surface area contributed by atoms with Crippen LogP contribution in [0.1, 0.15) is 22.8 Å². The first-order valence-corrected chi connectivity index (χ1v) is 8.17. The maximum absolute atomic E-state index is 13.5. The lowest BCUT2D eigenvalue weighted by molar-refractivity contribution is -0.137. The van der Waals surface area contributed by atoms with E-state index >= 15 is 0 Å². The average Bonchev–Trinajstić information content (AvgIpc) is 2.61. The fourth-order valence-electron chi connectivity index (χ4n) is 2.64. The van der Waals surface area contributed by atoms with E-state index in [0.717, 1.165) is 16.8 Å². The van der Waals surface area contributed by atoms with Gasteiger partial charge >= 0.3 is 12.1 Å². The number of rotatable bonds is 3. The molecule has 27 heavy (non-hydrogen) atoms. The quantitative estimate of drug-likeness (QED) is 0.491. The van der Waals surface area contributed by atoms with Crippen molar-refractivity contribution in [3.63, 3.8) is 0 Å². The molecule has 0 aliphatic carbocycles. The van der Waals surface area contributed by atoms with Crippen LogP contribution >= 0.6 is 11.6 Å².